The number of fused-ring (bicyclic) bond motifs is 1. The number of carbonyl (C=O) groups excluding carboxylic acids is 2. The first-order valence-electron chi connectivity index (χ1n) is 8.90. The van der Waals surface area contributed by atoms with Crippen molar-refractivity contribution in [3.8, 4) is 0 Å². The lowest BCUT2D eigenvalue weighted by molar-refractivity contribution is 0.0944. The van der Waals surface area contributed by atoms with Crippen LogP contribution in [-0.4, -0.2) is 38.1 Å². The highest BCUT2D eigenvalue weighted by atomic mass is 16.5. The van der Waals surface area contributed by atoms with Gasteiger partial charge >= 0.3 is 0 Å². The molecule has 1 aliphatic rings. The number of para-hydroxylation sites is 1. The van der Waals surface area contributed by atoms with Crippen molar-refractivity contribution in [2.45, 2.75) is 25.8 Å². The summed E-state index contributed by atoms with van der Waals surface area (Å²) in [7, 11) is 1.64. The molecule has 0 saturated heterocycles. The molecule has 0 spiro atoms. The van der Waals surface area contributed by atoms with Crippen molar-refractivity contribution in [1.29, 1.82) is 0 Å². The van der Waals surface area contributed by atoms with Crippen LogP contribution in [0.15, 0.2) is 48.5 Å². The second kappa shape index (κ2) is 8.15. The van der Waals surface area contributed by atoms with Gasteiger partial charge in [0, 0.05) is 43.1 Å². The van der Waals surface area contributed by atoms with E-state index < -0.39 is 0 Å². The second-order valence-electron chi connectivity index (χ2n) is 6.54. The molecule has 136 valence electrons. The largest absolute Gasteiger partial charge is 0.385 e. The van der Waals surface area contributed by atoms with Crippen LogP contribution >= 0.6 is 0 Å². The first-order valence-corrected chi connectivity index (χ1v) is 8.90. The molecule has 0 aromatic heterocycles. The Morgan fingerprint density at radius 1 is 1.12 bits per heavy atom. The lowest BCUT2D eigenvalue weighted by Gasteiger charge is -2.23. The molecule has 2 aromatic rings. The Hall–Kier alpha value is -2.66. The molecule has 1 unspecified atom stereocenters. The number of rotatable bonds is 6. The summed E-state index contributed by atoms with van der Waals surface area (Å²) in [5.74, 6) is -0.172. The van der Waals surface area contributed by atoms with Gasteiger partial charge in [-0.05, 0) is 55.7 Å². The highest BCUT2D eigenvalue weighted by Gasteiger charge is 2.31. The molecule has 1 heterocycles. The molecule has 0 saturated carbocycles. The van der Waals surface area contributed by atoms with Gasteiger partial charge in [0.2, 0.25) is 0 Å². The molecule has 2 amide bonds. The molecule has 1 atom stereocenters. The summed E-state index contributed by atoms with van der Waals surface area (Å²) in [6, 6.07) is 15.0. The first-order chi connectivity index (χ1) is 12.6. The van der Waals surface area contributed by atoms with E-state index >= 15 is 0 Å². The van der Waals surface area contributed by atoms with Gasteiger partial charge in [-0.25, -0.2) is 0 Å². The molecule has 3 rings (SSSR count). The summed E-state index contributed by atoms with van der Waals surface area (Å²) in [4.78, 5) is 26.9. The molecule has 5 heteroatoms. The van der Waals surface area contributed by atoms with E-state index in [-0.39, 0.29) is 17.9 Å². The molecular formula is C21H24N2O3. The van der Waals surface area contributed by atoms with Crippen LogP contribution in [-0.2, 0) is 11.2 Å². The predicted octanol–water partition coefficient (Wildman–Crippen LogP) is 3.04. The Balaban J connectivity index is 1.69. The lowest BCUT2D eigenvalue weighted by Crippen LogP contribution is -2.35. The Morgan fingerprint density at radius 2 is 1.81 bits per heavy atom. The number of ether oxygens (including phenoxy) is 1. The minimum atomic E-state index is -0.139. The molecule has 0 bridgehead atoms. The van der Waals surface area contributed by atoms with Crippen LogP contribution in [0.5, 0.6) is 0 Å². The summed E-state index contributed by atoms with van der Waals surface area (Å²) < 4.78 is 4.96. The zero-order valence-corrected chi connectivity index (χ0v) is 15.2. The lowest BCUT2D eigenvalue weighted by atomic mass is 10.1. The number of methoxy groups -OCH3 is 1. The number of amides is 2. The standard InChI is InChI=1S/C21H24N2O3/c1-15-14-18-6-3-4-7-19(18)23(15)21(25)17-10-8-16(9-11-17)20(24)22-12-5-13-26-2/h3-4,6-11,15H,5,12-14H2,1-2H3,(H,22,24). The van der Waals surface area contributed by atoms with E-state index in [1.54, 1.807) is 31.4 Å². The van der Waals surface area contributed by atoms with E-state index in [2.05, 4.69) is 18.3 Å². The third kappa shape index (κ3) is 3.78. The van der Waals surface area contributed by atoms with Gasteiger partial charge in [0.05, 0.1) is 0 Å². The maximum atomic E-state index is 13.0. The molecule has 0 aliphatic carbocycles. The molecule has 0 radical (unpaired) electrons. The van der Waals surface area contributed by atoms with Crippen LogP contribution in [0.1, 0.15) is 39.6 Å². The Bertz CT molecular complexity index is 786. The zero-order chi connectivity index (χ0) is 18.5. The smallest absolute Gasteiger partial charge is 0.258 e. The second-order valence-corrected chi connectivity index (χ2v) is 6.54. The van der Waals surface area contributed by atoms with Gasteiger partial charge < -0.3 is 15.0 Å². The van der Waals surface area contributed by atoms with Gasteiger partial charge in [-0.1, -0.05) is 18.2 Å². The van der Waals surface area contributed by atoms with Crippen molar-refractivity contribution in [3.05, 3.63) is 65.2 Å². The van der Waals surface area contributed by atoms with Crippen LogP contribution in [0.4, 0.5) is 5.69 Å². The van der Waals surface area contributed by atoms with Crippen LogP contribution in [0.2, 0.25) is 0 Å². The number of benzene rings is 2. The molecule has 1 aliphatic heterocycles. The number of anilines is 1. The minimum Gasteiger partial charge on any atom is -0.385 e. The topological polar surface area (TPSA) is 58.6 Å². The minimum absolute atomic E-state index is 0.0329. The third-order valence-electron chi connectivity index (χ3n) is 4.63. The summed E-state index contributed by atoms with van der Waals surface area (Å²) in [6.45, 7) is 3.23. The van der Waals surface area contributed by atoms with Crippen LogP contribution < -0.4 is 10.2 Å². The fourth-order valence-corrected chi connectivity index (χ4v) is 3.30. The van der Waals surface area contributed by atoms with Crippen LogP contribution in [0.3, 0.4) is 0 Å². The van der Waals surface area contributed by atoms with E-state index in [4.69, 9.17) is 4.74 Å². The van der Waals surface area contributed by atoms with Crippen molar-refractivity contribution >= 4 is 17.5 Å². The molecule has 0 fully saturated rings. The van der Waals surface area contributed by atoms with Crippen molar-refractivity contribution in [3.63, 3.8) is 0 Å². The van der Waals surface area contributed by atoms with Gasteiger partial charge in [-0.15, -0.1) is 0 Å². The number of nitrogens with zero attached hydrogens (tertiary/aromatic N) is 1. The van der Waals surface area contributed by atoms with E-state index in [0.717, 1.165) is 18.5 Å². The highest BCUT2D eigenvalue weighted by Crippen LogP contribution is 2.33. The van der Waals surface area contributed by atoms with Crippen molar-refractivity contribution in [1.82, 2.24) is 5.32 Å². The molecule has 2 aromatic carbocycles. The maximum Gasteiger partial charge on any atom is 0.258 e. The summed E-state index contributed by atoms with van der Waals surface area (Å²) in [6.07, 6.45) is 1.63. The van der Waals surface area contributed by atoms with Gasteiger partial charge in [-0.2, -0.15) is 0 Å². The maximum absolute atomic E-state index is 13.0. The normalized spacial score (nSPS) is 15.6. The van der Waals surface area contributed by atoms with E-state index in [1.807, 2.05) is 23.1 Å². The fourth-order valence-electron chi connectivity index (χ4n) is 3.30. The summed E-state index contributed by atoms with van der Waals surface area (Å²) in [5, 5.41) is 2.84. The number of carbonyl (C=O) groups is 2. The highest BCUT2D eigenvalue weighted by molar-refractivity contribution is 6.08. The van der Waals surface area contributed by atoms with Gasteiger partial charge in [0.15, 0.2) is 0 Å². The van der Waals surface area contributed by atoms with Crippen molar-refractivity contribution in [2.24, 2.45) is 0 Å². The molecule has 1 N–H and O–H groups in total. The quantitative estimate of drug-likeness (QED) is 0.813. The molecule has 26 heavy (non-hydrogen) atoms. The van der Waals surface area contributed by atoms with Crippen molar-refractivity contribution < 1.29 is 14.3 Å². The van der Waals surface area contributed by atoms with Crippen molar-refractivity contribution in [2.75, 3.05) is 25.2 Å². The Labute approximate surface area is 154 Å². The van der Waals surface area contributed by atoms with Gasteiger partial charge in [0.1, 0.15) is 0 Å². The molecular weight excluding hydrogens is 328 g/mol. The summed E-state index contributed by atoms with van der Waals surface area (Å²) in [5.41, 5.74) is 3.31. The van der Waals surface area contributed by atoms with Gasteiger partial charge in [0.25, 0.3) is 11.8 Å². The van der Waals surface area contributed by atoms with E-state index in [9.17, 15) is 9.59 Å². The Morgan fingerprint density at radius 3 is 2.54 bits per heavy atom. The van der Waals surface area contributed by atoms with Crippen LogP contribution in [0, 0.1) is 0 Å². The van der Waals surface area contributed by atoms with E-state index in [1.165, 1.54) is 5.56 Å². The SMILES string of the molecule is COCCCNC(=O)c1ccc(C(=O)N2c3ccccc3CC2C)cc1. The average Bonchev–Trinajstić information content (AvgIpc) is 3.00. The van der Waals surface area contributed by atoms with Gasteiger partial charge in [-0.3, -0.25) is 9.59 Å². The number of hydrogen-bond acceptors (Lipinski definition) is 3. The first kappa shape index (κ1) is 18.1. The summed E-state index contributed by atoms with van der Waals surface area (Å²) >= 11 is 0. The van der Waals surface area contributed by atoms with Crippen LogP contribution in [0.25, 0.3) is 0 Å². The third-order valence-corrected chi connectivity index (χ3v) is 4.63. The number of hydrogen-bond donors (Lipinski definition) is 1. The monoisotopic (exact) mass is 352 g/mol. The Kier molecular flexibility index (Phi) is 5.68. The average molecular weight is 352 g/mol. The fraction of sp³-hybridized carbons (Fsp3) is 0.333. The zero-order valence-electron chi connectivity index (χ0n) is 15.2. The predicted molar refractivity (Wildman–Crippen MR) is 102 cm³/mol. The van der Waals surface area contributed by atoms with E-state index in [0.29, 0.717) is 24.3 Å². The molecule has 5 nitrogen and oxygen atoms in total. The number of nitrogens with one attached hydrogen (secondary N) is 1.